The summed E-state index contributed by atoms with van der Waals surface area (Å²) in [5, 5.41) is 8.28. The first-order chi connectivity index (χ1) is 5.81. The molecule has 0 aliphatic rings. The summed E-state index contributed by atoms with van der Waals surface area (Å²) in [6, 6.07) is 6.12. The van der Waals surface area contributed by atoms with Gasteiger partial charge >= 0.3 is 0 Å². The predicted octanol–water partition coefficient (Wildman–Crippen LogP) is 2.51. The third-order valence-electron chi connectivity index (χ3n) is 2.01. The van der Waals surface area contributed by atoms with Gasteiger partial charge in [-0.2, -0.15) is 5.10 Å². The quantitative estimate of drug-likeness (QED) is 0.678. The molecule has 2 rings (SSSR count). The van der Waals surface area contributed by atoms with Crippen LogP contribution in [0.2, 0.25) is 0 Å². The molecule has 60 valence electrons. The smallest absolute Gasteiger partial charge is 0.0929 e. The number of aromatic amines is 1. The molecule has 0 fully saturated rings. The Kier molecular flexibility index (Phi) is 1.47. The number of H-pyrrole nitrogens is 1. The van der Waals surface area contributed by atoms with Crippen LogP contribution >= 0.6 is 0 Å². The molecule has 0 radical (unpaired) electrons. The average molecular weight is 158 g/mol. The fourth-order valence-corrected chi connectivity index (χ4v) is 1.29. The second-order valence-corrected chi connectivity index (χ2v) is 2.83. The van der Waals surface area contributed by atoms with E-state index in [4.69, 9.17) is 0 Å². The van der Waals surface area contributed by atoms with Crippen LogP contribution in [0.15, 0.2) is 24.8 Å². The van der Waals surface area contributed by atoms with Crippen molar-refractivity contribution in [2.45, 2.75) is 6.92 Å². The van der Waals surface area contributed by atoms with Gasteiger partial charge in [-0.1, -0.05) is 24.8 Å². The van der Waals surface area contributed by atoms with Gasteiger partial charge in [0.25, 0.3) is 0 Å². The van der Waals surface area contributed by atoms with Crippen molar-refractivity contribution in [3.05, 3.63) is 36.0 Å². The Bertz CT molecular complexity index is 426. The number of rotatable bonds is 1. The molecule has 0 aliphatic carbocycles. The number of hydrogen-bond donors (Lipinski definition) is 1. The summed E-state index contributed by atoms with van der Waals surface area (Å²) in [4.78, 5) is 0. The Morgan fingerprint density at radius 3 is 3.08 bits per heavy atom. The third kappa shape index (κ3) is 0.925. The number of aryl methyl sites for hydroxylation is 1. The highest BCUT2D eigenvalue weighted by molar-refractivity contribution is 5.83. The van der Waals surface area contributed by atoms with Crippen molar-refractivity contribution < 1.29 is 0 Å². The summed E-state index contributed by atoms with van der Waals surface area (Å²) in [5.74, 6) is 0. The predicted molar refractivity (Wildman–Crippen MR) is 50.9 cm³/mol. The minimum absolute atomic E-state index is 1.00. The van der Waals surface area contributed by atoms with Gasteiger partial charge in [0, 0.05) is 11.1 Å². The molecule has 0 bridgehead atoms. The lowest BCUT2D eigenvalue weighted by atomic mass is 10.1. The first-order valence-corrected chi connectivity index (χ1v) is 3.88. The Hall–Kier alpha value is -1.57. The molecule has 1 aromatic carbocycles. The van der Waals surface area contributed by atoms with E-state index < -0.39 is 0 Å². The number of benzene rings is 1. The van der Waals surface area contributed by atoms with Gasteiger partial charge in [0.1, 0.15) is 0 Å². The van der Waals surface area contributed by atoms with Crippen LogP contribution in [0.3, 0.4) is 0 Å². The zero-order chi connectivity index (χ0) is 8.55. The van der Waals surface area contributed by atoms with Gasteiger partial charge in [-0.05, 0) is 18.6 Å². The number of fused-ring (bicyclic) bond motifs is 1. The Morgan fingerprint density at radius 1 is 1.50 bits per heavy atom. The lowest BCUT2D eigenvalue weighted by Gasteiger charge is -1.91. The Balaban J connectivity index is 2.77. The highest BCUT2D eigenvalue weighted by atomic mass is 15.1. The van der Waals surface area contributed by atoms with Gasteiger partial charge in [0.2, 0.25) is 0 Å². The standard InChI is InChI=1S/C10H10N2/c1-3-8-4-5-9-7(2)11-12-10(9)6-8/h3-6H,1H2,2H3,(H,11,12). The maximum Gasteiger partial charge on any atom is 0.0929 e. The fraction of sp³-hybridized carbons (Fsp3) is 0.100. The van der Waals surface area contributed by atoms with Gasteiger partial charge in [-0.15, -0.1) is 0 Å². The van der Waals surface area contributed by atoms with Crippen LogP contribution in [-0.2, 0) is 0 Å². The monoisotopic (exact) mass is 158 g/mol. The van der Waals surface area contributed by atoms with Crippen LogP contribution in [-0.4, -0.2) is 10.2 Å². The summed E-state index contributed by atoms with van der Waals surface area (Å²) in [6.07, 6.45) is 1.82. The summed E-state index contributed by atoms with van der Waals surface area (Å²) < 4.78 is 0. The summed E-state index contributed by atoms with van der Waals surface area (Å²) >= 11 is 0. The average Bonchev–Trinajstić information content (AvgIpc) is 2.47. The van der Waals surface area contributed by atoms with Crippen LogP contribution in [0.5, 0.6) is 0 Å². The molecule has 1 aromatic heterocycles. The topological polar surface area (TPSA) is 28.7 Å². The molecule has 0 unspecified atom stereocenters. The normalized spacial score (nSPS) is 10.4. The van der Waals surface area contributed by atoms with E-state index in [0.29, 0.717) is 0 Å². The maximum absolute atomic E-state index is 4.15. The van der Waals surface area contributed by atoms with Gasteiger partial charge in [0.05, 0.1) is 5.52 Å². The lowest BCUT2D eigenvalue weighted by molar-refractivity contribution is 1.07. The molecule has 1 heterocycles. The van der Waals surface area contributed by atoms with Crippen molar-refractivity contribution >= 4 is 17.0 Å². The van der Waals surface area contributed by atoms with E-state index in [0.717, 1.165) is 16.8 Å². The van der Waals surface area contributed by atoms with Crippen molar-refractivity contribution in [3.63, 3.8) is 0 Å². The Labute approximate surface area is 70.9 Å². The number of nitrogens with one attached hydrogen (secondary N) is 1. The molecule has 0 spiro atoms. The SMILES string of the molecule is C=Cc1ccc2c(C)[nH]nc2c1. The van der Waals surface area contributed by atoms with E-state index in [1.54, 1.807) is 0 Å². The molecular weight excluding hydrogens is 148 g/mol. The Morgan fingerprint density at radius 2 is 2.33 bits per heavy atom. The van der Waals surface area contributed by atoms with Crippen molar-refractivity contribution in [2.75, 3.05) is 0 Å². The molecule has 0 aliphatic heterocycles. The molecule has 2 heteroatoms. The van der Waals surface area contributed by atoms with Gasteiger partial charge in [-0.3, -0.25) is 5.10 Å². The number of aromatic nitrogens is 2. The molecule has 0 atom stereocenters. The fourth-order valence-electron chi connectivity index (χ4n) is 1.29. The molecule has 0 amide bonds. The molecule has 1 N–H and O–H groups in total. The lowest BCUT2D eigenvalue weighted by Crippen LogP contribution is -1.72. The van der Waals surface area contributed by atoms with E-state index >= 15 is 0 Å². The zero-order valence-electron chi connectivity index (χ0n) is 6.96. The van der Waals surface area contributed by atoms with Gasteiger partial charge in [0.15, 0.2) is 0 Å². The maximum atomic E-state index is 4.15. The molecule has 2 aromatic rings. The van der Waals surface area contributed by atoms with E-state index in [2.05, 4.69) is 22.8 Å². The van der Waals surface area contributed by atoms with Crippen LogP contribution in [0.25, 0.3) is 17.0 Å². The van der Waals surface area contributed by atoms with Crippen LogP contribution in [0, 0.1) is 6.92 Å². The van der Waals surface area contributed by atoms with E-state index in [-0.39, 0.29) is 0 Å². The van der Waals surface area contributed by atoms with Crippen LogP contribution < -0.4 is 0 Å². The molecule has 0 saturated carbocycles. The van der Waals surface area contributed by atoms with Crippen molar-refractivity contribution in [3.8, 4) is 0 Å². The summed E-state index contributed by atoms with van der Waals surface area (Å²) in [6.45, 7) is 5.72. The van der Waals surface area contributed by atoms with Gasteiger partial charge in [-0.25, -0.2) is 0 Å². The number of nitrogens with zero attached hydrogens (tertiary/aromatic N) is 1. The first-order valence-electron chi connectivity index (χ1n) is 3.88. The van der Waals surface area contributed by atoms with Crippen molar-refractivity contribution in [1.82, 2.24) is 10.2 Å². The van der Waals surface area contributed by atoms with Gasteiger partial charge < -0.3 is 0 Å². The van der Waals surface area contributed by atoms with E-state index in [1.807, 2.05) is 25.1 Å². The molecular formula is C10H10N2. The van der Waals surface area contributed by atoms with Crippen molar-refractivity contribution in [2.24, 2.45) is 0 Å². The highest BCUT2D eigenvalue weighted by Gasteiger charge is 1.99. The molecule has 2 nitrogen and oxygen atoms in total. The number of hydrogen-bond acceptors (Lipinski definition) is 1. The van der Waals surface area contributed by atoms with E-state index in [1.165, 1.54) is 5.39 Å². The minimum Gasteiger partial charge on any atom is -0.282 e. The minimum atomic E-state index is 1.00. The summed E-state index contributed by atoms with van der Waals surface area (Å²) in [5.41, 5.74) is 3.22. The van der Waals surface area contributed by atoms with Crippen molar-refractivity contribution in [1.29, 1.82) is 0 Å². The summed E-state index contributed by atoms with van der Waals surface area (Å²) in [7, 11) is 0. The second kappa shape index (κ2) is 2.48. The molecule has 0 saturated heterocycles. The second-order valence-electron chi connectivity index (χ2n) is 2.83. The van der Waals surface area contributed by atoms with Crippen LogP contribution in [0.1, 0.15) is 11.3 Å². The van der Waals surface area contributed by atoms with Crippen LogP contribution in [0.4, 0.5) is 0 Å². The highest BCUT2D eigenvalue weighted by Crippen LogP contribution is 2.16. The molecule has 12 heavy (non-hydrogen) atoms. The first kappa shape index (κ1) is 7.10. The van der Waals surface area contributed by atoms with E-state index in [9.17, 15) is 0 Å². The third-order valence-corrected chi connectivity index (χ3v) is 2.01. The zero-order valence-corrected chi connectivity index (χ0v) is 6.96. The largest absolute Gasteiger partial charge is 0.282 e.